The van der Waals surface area contributed by atoms with Crippen molar-refractivity contribution in [1.29, 1.82) is 0 Å². The molecule has 0 amide bonds. The molecule has 0 aliphatic carbocycles. The molecule has 6 heteroatoms. The molecular formula is C20H34BrN3OSi. The summed E-state index contributed by atoms with van der Waals surface area (Å²) in [5.74, 6) is 0. The molecular weight excluding hydrogens is 406 g/mol. The van der Waals surface area contributed by atoms with Gasteiger partial charge in [-0.25, -0.2) is 9.97 Å². The standard InChI is InChI=1S/C20H34BrN3OSi/c1-12(2)26(13(3)4,14(5)6)24-11-15(18(25)20(7,8)9)17-19(24)22-10-16(21)23-17/h10-14,18,25H,1-9H3. The van der Waals surface area contributed by atoms with Crippen LogP contribution in [0.5, 0.6) is 0 Å². The molecule has 0 saturated heterocycles. The maximum Gasteiger partial charge on any atom is 0.171 e. The monoisotopic (exact) mass is 439 g/mol. The van der Waals surface area contributed by atoms with Gasteiger partial charge in [-0.05, 0) is 38.0 Å². The van der Waals surface area contributed by atoms with Gasteiger partial charge >= 0.3 is 0 Å². The second kappa shape index (κ2) is 7.36. The summed E-state index contributed by atoms with van der Waals surface area (Å²) in [5, 5.41) is 11.1. The van der Waals surface area contributed by atoms with E-state index in [1.807, 2.05) is 0 Å². The van der Waals surface area contributed by atoms with Gasteiger partial charge in [0.05, 0.1) is 12.3 Å². The molecule has 0 aliphatic heterocycles. The van der Waals surface area contributed by atoms with Crippen LogP contribution in [0, 0.1) is 5.41 Å². The number of fused-ring (bicyclic) bond motifs is 1. The fraction of sp³-hybridized carbons (Fsp3) is 0.700. The van der Waals surface area contributed by atoms with E-state index in [2.05, 4.69) is 88.7 Å². The van der Waals surface area contributed by atoms with Crippen LogP contribution in [0.25, 0.3) is 11.2 Å². The molecule has 0 radical (unpaired) electrons. The predicted molar refractivity (Wildman–Crippen MR) is 116 cm³/mol. The summed E-state index contributed by atoms with van der Waals surface area (Å²) in [6.07, 6.45) is 3.35. The summed E-state index contributed by atoms with van der Waals surface area (Å²) in [7, 11) is -1.98. The molecule has 0 fully saturated rings. The maximum absolute atomic E-state index is 11.1. The second-order valence-electron chi connectivity index (χ2n) is 9.44. The van der Waals surface area contributed by atoms with Gasteiger partial charge < -0.3 is 9.34 Å². The van der Waals surface area contributed by atoms with E-state index in [-0.39, 0.29) is 5.41 Å². The van der Waals surface area contributed by atoms with Crippen LogP contribution in [0.2, 0.25) is 16.6 Å². The van der Waals surface area contributed by atoms with E-state index >= 15 is 0 Å². The Morgan fingerprint density at radius 3 is 1.96 bits per heavy atom. The maximum atomic E-state index is 11.1. The minimum atomic E-state index is -1.98. The van der Waals surface area contributed by atoms with Crippen molar-refractivity contribution >= 4 is 35.3 Å². The number of aliphatic hydroxyl groups is 1. The largest absolute Gasteiger partial charge is 0.388 e. The lowest BCUT2D eigenvalue weighted by Crippen LogP contribution is -2.51. The molecule has 1 unspecified atom stereocenters. The van der Waals surface area contributed by atoms with Crippen molar-refractivity contribution in [1.82, 2.24) is 14.2 Å². The van der Waals surface area contributed by atoms with Crippen LogP contribution in [0.3, 0.4) is 0 Å². The second-order valence-corrected chi connectivity index (χ2v) is 16.0. The number of hydrogen-bond acceptors (Lipinski definition) is 3. The van der Waals surface area contributed by atoms with Crippen molar-refractivity contribution in [2.24, 2.45) is 5.41 Å². The number of halogens is 1. The first kappa shape index (κ1) is 21.6. The number of aromatic nitrogens is 3. The van der Waals surface area contributed by atoms with Gasteiger partial charge in [0.2, 0.25) is 0 Å². The fourth-order valence-electron chi connectivity index (χ4n) is 4.79. The predicted octanol–water partition coefficient (Wildman–Crippen LogP) is 6.30. The minimum absolute atomic E-state index is 0.263. The van der Waals surface area contributed by atoms with Gasteiger partial charge in [-0.15, -0.1) is 0 Å². The van der Waals surface area contributed by atoms with Crippen LogP contribution < -0.4 is 0 Å². The molecule has 4 nitrogen and oxygen atoms in total. The fourth-order valence-corrected chi connectivity index (χ4v) is 11.6. The first-order valence-electron chi connectivity index (χ1n) is 9.57. The molecule has 2 aromatic rings. The van der Waals surface area contributed by atoms with Crippen LogP contribution in [0.4, 0.5) is 0 Å². The molecule has 2 heterocycles. The third-order valence-corrected chi connectivity index (χ3v) is 12.9. The third-order valence-electron chi connectivity index (χ3n) is 5.80. The molecule has 0 saturated carbocycles. The van der Waals surface area contributed by atoms with Crippen molar-refractivity contribution in [3.8, 4) is 0 Å². The summed E-state index contributed by atoms with van der Waals surface area (Å²) < 4.78 is 3.14. The average Bonchev–Trinajstić information content (AvgIpc) is 2.83. The first-order valence-corrected chi connectivity index (χ1v) is 12.5. The summed E-state index contributed by atoms with van der Waals surface area (Å²) in [6.45, 7) is 20.2. The van der Waals surface area contributed by atoms with Crippen LogP contribution >= 0.6 is 15.9 Å². The Labute approximate surface area is 167 Å². The molecule has 0 aromatic carbocycles. The van der Waals surface area contributed by atoms with E-state index in [1.54, 1.807) is 6.20 Å². The van der Waals surface area contributed by atoms with E-state index in [4.69, 9.17) is 9.97 Å². The number of hydrogen-bond donors (Lipinski definition) is 1. The van der Waals surface area contributed by atoms with E-state index < -0.39 is 14.3 Å². The zero-order valence-electron chi connectivity index (χ0n) is 17.6. The Hall–Kier alpha value is -0.723. The number of rotatable bonds is 5. The summed E-state index contributed by atoms with van der Waals surface area (Å²) in [4.78, 5) is 9.47. The van der Waals surface area contributed by atoms with Crippen molar-refractivity contribution in [3.63, 3.8) is 0 Å². The van der Waals surface area contributed by atoms with E-state index in [0.29, 0.717) is 21.2 Å². The topological polar surface area (TPSA) is 50.9 Å². The van der Waals surface area contributed by atoms with Crippen LogP contribution in [0.1, 0.15) is 74.0 Å². The lowest BCUT2D eigenvalue weighted by Gasteiger charge is -2.44. The van der Waals surface area contributed by atoms with Gasteiger partial charge in [0.25, 0.3) is 0 Å². The quantitative estimate of drug-likeness (QED) is 0.556. The Kier molecular flexibility index (Phi) is 6.11. The Balaban J connectivity index is 2.91. The average molecular weight is 441 g/mol. The Morgan fingerprint density at radius 1 is 1.04 bits per heavy atom. The van der Waals surface area contributed by atoms with Crippen molar-refractivity contribution < 1.29 is 5.11 Å². The minimum Gasteiger partial charge on any atom is -0.388 e. The molecule has 146 valence electrons. The lowest BCUT2D eigenvalue weighted by molar-refractivity contribution is 0.0637. The van der Waals surface area contributed by atoms with Crippen LogP contribution in [-0.2, 0) is 0 Å². The summed E-state index contributed by atoms with van der Waals surface area (Å²) >= 11 is 3.46. The number of nitrogens with zero attached hydrogens (tertiary/aromatic N) is 3. The smallest absolute Gasteiger partial charge is 0.171 e. The highest BCUT2D eigenvalue weighted by molar-refractivity contribution is 9.10. The van der Waals surface area contributed by atoms with E-state index in [9.17, 15) is 5.11 Å². The molecule has 1 N–H and O–H groups in total. The third kappa shape index (κ3) is 3.40. The van der Waals surface area contributed by atoms with Crippen molar-refractivity contribution in [2.45, 2.75) is 85.0 Å². The SMILES string of the molecule is CC(C)[Si](C(C)C)(C(C)C)n1cc(C(O)C(C)(C)C)c2nc(Br)cnc21. The molecule has 1 atom stereocenters. The van der Waals surface area contributed by atoms with Gasteiger partial charge in [-0.3, -0.25) is 0 Å². The van der Waals surface area contributed by atoms with Crippen LogP contribution in [-0.4, -0.2) is 27.5 Å². The first-order chi connectivity index (χ1) is 11.8. The van der Waals surface area contributed by atoms with Gasteiger partial charge in [-0.2, -0.15) is 0 Å². The number of aliphatic hydroxyl groups excluding tert-OH is 1. The van der Waals surface area contributed by atoms with Crippen LogP contribution in [0.15, 0.2) is 17.0 Å². The molecule has 2 rings (SSSR count). The molecule has 0 bridgehead atoms. The van der Waals surface area contributed by atoms with Gasteiger partial charge in [0.15, 0.2) is 13.9 Å². The van der Waals surface area contributed by atoms with Gasteiger partial charge in [0, 0.05) is 11.8 Å². The highest BCUT2D eigenvalue weighted by Gasteiger charge is 2.47. The van der Waals surface area contributed by atoms with Gasteiger partial charge in [-0.1, -0.05) is 62.3 Å². The Bertz CT molecular complexity index is 755. The highest BCUT2D eigenvalue weighted by Crippen LogP contribution is 2.46. The zero-order valence-corrected chi connectivity index (χ0v) is 20.2. The van der Waals surface area contributed by atoms with E-state index in [1.165, 1.54) is 0 Å². The molecule has 0 aliphatic rings. The van der Waals surface area contributed by atoms with Gasteiger partial charge in [0.1, 0.15) is 10.1 Å². The van der Waals surface area contributed by atoms with Crippen molar-refractivity contribution in [3.05, 3.63) is 22.6 Å². The normalized spacial score (nSPS) is 14.8. The molecule has 0 spiro atoms. The van der Waals surface area contributed by atoms with Crippen molar-refractivity contribution in [2.75, 3.05) is 0 Å². The zero-order chi connectivity index (χ0) is 20.0. The highest BCUT2D eigenvalue weighted by atomic mass is 79.9. The molecule has 26 heavy (non-hydrogen) atoms. The summed E-state index contributed by atoms with van der Waals surface area (Å²) in [5.41, 5.74) is 3.99. The lowest BCUT2D eigenvalue weighted by atomic mass is 9.85. The molecule has 2 aromatic heterocycles. The van der Waals surface area contributed by atoms with E-state index in [0.717, 1.165) is 16.7 Å². The Morgan fingerprint density at radius 2 is 1.54 bits per heavy atom. The summed E-state index contributed by atoms with van der Waals surface area (Å²) in [6, 6.07) is 0.